The maximum atomic E-state index is 9.41. The Morgan fingerprint density at radius 3 is 2.73 bits per heavy atom. The lowest BCUT2D eigenvalue weighted by Gasteiger charge is -2.08. The van der Waals surface area contributed by atoms with E-state index in [0.29, 0.717) is 19.6 Å². The lowest BCUT2D eigenvalue weighted by atomic mass is 10.2. The van der Waals surface area contributed by atoms with Crippen molar-refractivity contribution in [3.8, 4) is 10.8 Å². The second-order valence-corrected chi connectivity index (χ2v) is 3.53. The van der Waals surface area contributed by atoms with Crippen LogP contribution < -0.4 is 0 Å². The fraction of sp³-hybridized carbons (Fsp3) is 0.333. The quantitative estimate of drug-likeness (QED) is 0.831. The van der Waals surface area contributed by atoms with Gasteiger partial charge in [0.15, 0.2) is 0 Å². The van der Waals surface area contributed by atoms with Gasteiger partial charge in [-0.25, -0.2) is 0 Å². The summed E-state index contributed by atoms with van der Waals surface area (Å²) in [5.74, 6) is 2.73. The van der Waals surface area contributed by atoms with Crippen molar-refractivity contribution in [2.75, 3.05) is 6.61 Å². The molecule has 0 aliphatic carbocycles. The molecule has 0 saturated carbocycles. The zero-order valence-corrected chi connectivity index (χ0v) is 9.90. The summed E-state index contributed by atoms with van der Waals surface area (Å²) in [4.78, 5) is 2.55. The molecule has 1 N–H and O–H groups in total. The molecule has 1 aromatic carbocycles. The highest BCUT2D eigenvalue weighted by atomic mass is 79.9. The molecular weight excluding hydrogens is 256 g/mol. The summed E-state index contributed by atoms with van der Waals surface area (Å²) < 4.78 is 5.35. The highest BCUT2D eigenvalue weighted by molar-refractivity contribution is 9.12. The van der Waals surface area contributed by atoms with Crippen LogP contribution in [-0.2, 0) is 11.3 Å². The largest absolute Gasteiger partial charge is 0.390 e. The molecule has 2 nitrogen and oxygen atoms in total. The van der Waals surface area contributed by atoms with Gasteiger partial charge in [0, 0.05) is 22.4 Å². The number of hydrogen-bond acceptors (Lipinski definition) is 2. The second-order valence-electron chi connectivity index (χ2n) is 3.13. The van der Waals surface area contributed by atoms with Crippen LogP contribution in [0.5, 0.6) is 0 Å². The number of ether oxygens (including phenoxy) is 1. The molecular formula is C12H13BrO2. The fourth-order valence-corrected chi connectivity index (χ4v) is 1.26. The van der Waals surface area contributed by atoms with E-state index in [1.807, 2.05) is 30.3 Å². The van der Waals surface area contributed by atoms with Crippen LogP contribution in [-0.4, -0.2) is 17.8 Å². The normalized spacial score (nSPS) is 11.6. The number of halogens is 1. The summed E-state index contributed by atoms with van der Waals surface area (Å²) >= 11 is 2.97. The Bertz CT molecular complexity index is 326. The average Bonchev–Trinajstić information content (AvgIpc) is 2.28. The van der Waals surface area contributed by atoms with Gasteiger partial charge in [0.25, 0.3) is 0 Å². The number of aliphatic hydroxyl groups is 1. The van der Waals surface area contributed by atoms with Gasteiger partial charge in [-0.1, -0.05) is 36.3 Å². The zero-order valence-electron chi connectivity index (χ0n) is 8.32. The van der Waals surface area contributed by atoms with E-state index in [2.05, 4.69) is 26.7 Å². The molecule has 3 heteroatoms. The molecule has 0 unspecified atom stereocenters. The lowest BCUT2D eigenvalue weighted by Crippen LogP contribution is -2.14. The average molecular weight is 269 g/mol. The van der Waals surface area contributed by atoms with Crippen LogP contribution in [0.4, 0.5) is 0 Å². The maximum absolute atomic E-state index is 9.41. The minimum absolute atomic E-state index is 0.316. The molecule has 80 valence electrons. The molecule has 15 heavy (non-hydrogen) atoms. The molecule has 0 heterocycles. The van der Waals surface area contributed by atoms with Gasteiger partial charge in [-0.15, -0.1) is 0 Å². The first kappa shape index (κ1) is 12.3. The first-order valence-corrected chi connectivity index (χ1v) is 5.50. The Hall–Kier alpha value is -0.820. The van der Waals surface area contributed by atoms with Crippen LogP contribution in [0.3, 0.4) is 0 Å². The Morgan fingerprint density at radius 2 is 2.07 bits per heavy atom. The topological polar surface area (TPSA) is 29.5 Å². The van der Waals surface area contributed by atoms with Gasteiger partial charge < -0.3 is 9.84 Å². The van der Waals surface area contributed by atoms with Crippen LogP contribution >= 0.6 is 15.9 Å². The first-order chi connectivity index (χ1) is 7.33. The lowest BCUT2D eigenvalue weighted by molar-refractivity contribution is 0.0311. The predicted octanol–water partition coefficient (Wildman–Crippen LogP) is 2.31. The van der Waals surface area contributed by atoms with Gasteiger partial charge in [0.2, 0.25) is 0 Å². The van der Waals surface area contributed by atoms with E-state index in [1.54, 1.807) is 0 Å². The van der Waals surface area contributed by atoms with Crippen molar-refractivity contribution in [3.05, 3.63) is 35.9 Å². The number of hydrogen-bond donors (Lipinski definition) is 1. The SMILES string of the molecule is O[C@@H](CC#CBr)COCc1ccccc1. The number of aliphatic hydroxyl groups excluding tert-OH is 1. The van der Waals surface area contributed by atoms with Crippen LogP contribution in [0.2, 0.25) is 0 Å². The van der Waals surface area contributed by atoms with Crippen molar-refractivity contribution in [1.82, 2.24) is 0 Å². The molecule has 0 fully saturated rings. The minimum Gasteiger partial charge on any atom is -0.390 e. The van der Waals surface area contributed by atoms with Crippen molar-refractivity contribution < 1.29 is 9.84 Å². The van der Waals surface area contributed by atoms with Gasteiger partial charge in [0.05, 0.1) is 19.3 Å². The molecule has 0 radical (unpaired) electrons. The van der Waals surface area contributed by atoms with Crippen molar-refractivity contribution >= 4 is 15.9 Å². The summed E-state index contributed by atoms with van der Waals surface area (Å²) in [5.41, 5.74) is 1.11. The van der Waals surface area contributed by atoms with Crippen LogP contribution in [0.1, 0.15) is 12.0 Å². The van der Waals surface area contributed by atoms with Gasteiger partial charge in [-0.2, -0.15) is 0 Å². The van der Waals surface area contributed by atoms with Crippen LogP contribution in [0, 0.1) is 10.8 Å². The summed E-state index contributed by atoms with van der Waals surface area (Å²) in [5, 5.41) is 9.41. The Morgan fingerprint density at radius 1 is 1.33 bits per heavy atom. The fourth-order valence-electron chi connectivity index (χ4n) is 1.10. The van der Waals surface area contributed by atoms with E-state index in [0.717, 1.165) is 5.56 Å². The summed E-state index contributed by atoms with van der Waals surface area (Å²) in [6.45, 7) is 0.843. The zero-order chi connectivity index (χ0) is 10.9. The van der Waals surface area contributed by atoms with Gasteiger partial charge >= 0.3 is 0 Å². The van der Waals surface area contributed by atoms with Crippen LogP contribution in [0.25, 0.3) is 0 Å². The molecule has 0 spiro atoms. The van der Waals surface area contributed by atoms with Gasteiger partial charge in [0.1, 0.15) is 0 Å². The smallest absolute Gasteiger partial charge is 0.0883 e. The van der Waals surface area contributed by atoms with Crippen molar-refractivity contribution in [1.29, 1.82) is 0 Å². The molecule has 0 saturated heterocycles. The van der Waals surface area contributed by atoms with Gasteiger partial charge in [-0.3, -0.25) is 0 Å². The number of rotatable bonds is 5. The Labute approximate surface area is 98.4 Å². The Balaban J connectivity index is 2.18. The standard InChI is InChI=1S/C12H13BrO2/c13-8-4-7-12(14)10-15-9-11-5-2-1-3-6-11/h1-3,5-6,12,14H,7,9-10H2/t12-/m0/s1. The van der Waals surface area contributed by atoms with E-state index >= 15 is 0 Å². The van der Waals surface area contributed by atoms with E-state index in [4.69, 9.17) is 4.74 Å². The number of benzene rings is 1. The summed E-state index contributed by atoms with van der Waals surface area (Å²) in [7, 11) is 0. The molecule has 0 aliphatic heterocycles. The van der Waals surface area contributed by atoms with E-state index in [1.165, 1.54) is 0 Å². The third-order valence-electron chi connectivity index (χ3n) is 1.83. The summed E-state index contributed by atoms with van der Waals surface area (Å²) in [6.07, 6.45) is -0.0844. The van der Waals surface area contributed by atoms with E-state index in [-0.39, 0.29) is 0 Å². The first-order valence-electron chi connectivity index (χ1n) is 4.71. The highest BCUT2D eigenvalue weighted by Crippen LogP contribution is 2.01. The monoisotopic (exact) mass is 268 g/mol. The summed E-state index contributed by atoms with van der Waals surface area (Å²) in [6, 6.07) is 9.87. The molecule has 0 bridgehead atoms. The molecule has 1 aromatic rings. The highest BCUT2D eigenvalue weighted by Gasteiger charge is 2.01. The third kappa shape index (κ3) is 5.58. The van der Waals surface area contributed by atoms with E-state index < -0.39 is 6.10 Å². The predicted molar refractivity (Wildman–Crippen MR) is 63.4 cm³/mol. The third-order valence-corrected chi connectivity index (χ3v) is 2.11. The van der Waals surface area contributed by atoms with Crippen molar-refractivity contribution in [2.45, 2.75) is 19.1 Å². The molecule has 1 atom stereocenters. The molecule has 0 aromatic heterocycles. The maximum Gasteiger partial charge on any atom is 0.0883 e. The molecule has 1 rings (SSSR count). The van der Waals surface area contributed by atoms with Crippen LogP contribution in [0.15, 0.2) is 30.3 Å². The van der Waals surface area contributed by atoms with Gasteiger partial charge in [-0.05, 0) is 10.4 Å². The molecule has 0 amide bonds. The second kappa shape index (κ2) is 7.47. The minimum atomic E-state index is -0.515. The van der Waals surface area contributed by atoms with E-state index in [9.17, 15) is 5.11 Å². The van der Waals surface area contributed by atoms with Crippen molar-refractivity contribution in [2.24, 2.45) is 0 Å². The Kier molecular flexibility index (Phi) is 6.10. The van der Waals surface area contributed by atoms with Crippen molar-refractivity contribution in [3.63, 3.8) is 0 Å². The molecule has 0 aliphatic rings.